The summed E-state index contributed by atoms with van der Waals surface area (Å²) in [4.78, 5) is 0. The zero-order valence-electron chi connectivity index (χ0n) is 26.8. The zero-order chi connectivity index (χ0) is 33.9. The molecule has 251 valence electrons. The predicted octanol–water partition coefficient (Wildman–Crippen LogP) is 10.8. The van der Waals surface area contributed by atoms with Gasteiger partial charge < -0.3 is 0 Å². The van der Waals surface area contributed by atoms with Crippen molar-refractivity contribution in [2.45, 2.75) is 0 Å². The maximum absolute atomic E-state index is 9.26. The third-order valence-electron chi connectivity index (χ3n) is 9.16. The van der Waals surface area contributed by atoms with Gasteiger partial charge in [-0.3, -0.25) is 0 Å². The normalized spacial score (nSPS) is 12.6. The van der Waals surface area contributed by atoms with Crippen molar-refractivity contribution in [1.82, 2.24) is 0 Å². The van der Waals surface area contributed by atoms with Crippen molar-refractivity contribution < 1.29 is 20.1 Å². The predicted molar refractivity (Wildman–Crippen MR) is 224 cm³/mol. The molecule has 7 rings (SSSR count). The van der Waals surface area contributed by atoms with Gasteiger partial charge in [0.05, 0.1) is 0 Å². The van der Waals surface area contributed by atoms with Crippen LogP contribution in [-0.4, -0.2) is 0 Å². The number of nitrogens with zero attached hydrogens (tertiary/aromatic N) is 1. The fourth-order valence-corrected chi connectivity index (χ4v) is 23.8. The van der Waals surface area contributed by atoms with Crippen molar-refractivity contribution >= 4 is 101 Å². The fraction of sp³-hybridized carbons (Fsp3) is 0. The summed E-state index contributed by atoms with van der Waals surface area (Å²) < 4.78 is 3.59. The second-order valence-electron chi connectivity index (χ2n) is 11.8. The monoisotopic (exact) mass is 894 g/mol. The van der Waals surface area contributed by atoms with Gasteiger partial charge in [0.15, 0.2) is 0 Å². The summed E-state index contributed by atoms with van der Waals surface area (Å²) in [5.74, 6) is 0. The molecule has 0 N–H and O–H groups in total. The van der Waals surface area contributed by atoms with E-state index in [2.05, 4.69) is 190 Å². The van der Waals surface area contributed by atoms with Crippen LogP contribution >= 0.6 is 63.9 Å². The van der Waals surface area contributed by atoms with Gasteiger partial charge in [0, 0.05) is 20.1 Å². The first-order valence-electron chi connectivity index (χ1n) is 15.9. The minimum Gasteiger partial charge on any atom is 0 e. The Bertz CT molecular complexity index is 2040. The molecule has 0 aliphatic rings. The second kappa shape index (κ2) is 15.4. The molecule has 7 aromatic carbocycles. The van der Waals surface area contributed by atoms with E-state index >= 15 is 0 Å². The average Bonchev–Trinajstić information content (AvgIpc) is 3.17. The summed E-state index contributed by atoms with van der Waals surface area (Å²) >= 11 is 27.5. The van der Waals surface area contributed by atoms with Crippen molar-refractivity contribution in [3.05, 3.63) is 209 Å². The standard InChI is InChI=1S/C42H33BrCl3NP2.Tc/c43-33-29-31-34(32-30-33)47(48(35-17-6-1-7-18-35,36-19-8-2-9-20-36)37-21-10-3-11-22-37)49(46,38-23-12-4-13-24-38,39-25-14-5-15-26-39)41-28-16-27-40(44)42(41)45;/h1-32,48H;. The Morgan fingerprint density at radius 1 is 0.460 bits per heavy atom. The minimum atomic E-state index is -4.49. The number of anilines is 1. The zero-order valence-corrected chi connectivity index (χ0v) is 34.4. The van der Waals surface area contributed by atoms with Crippen LogP contribution in [0.2, 0.25) is 10.0 Å². The molecule has 1 radical (unpaired) electrons. The summed E-state index contributed by atoms with van der Waals surface area (Å²) in [7, 11) is -3.47. The maximum Gasteiger partial charge on any atom is 0 e. The molecule has 0 aromatic heterocycles. The molecule has 7 aromatic rings. The van der Waals surface area contributed by atoms with Gasteiger partial charge >= 0.3 is 314 Å². The second-order valence-corrected chi connectivity index (χ2v) is 23.3. The van der Waals surface area contributed by atoms with E-state index in [1.54, 1.807) is 0 Å². The average molecular weight is 898 g/mol. The van der Waals surface area contributed by atoms with Gasteiger partial charge in [-0.25, -0.2) is 0 Å². The van der Waals surface area contributed by atoms with E-state index in [1.807, 2.05) is 24.3 Å². The van der Waals surface area contributed by atoms with Gasteiger partial charge in [-0.1, -0.05) is 0 Å². The third kappa shape index (κ3) is 6.01. The van der Waals surface area contributed by atoms with Crippen LogP contribution in [0.5, 0.6) is 0 Å². The SMILES string of the molecule is Clc1cccc(P(Cl)(c2ccccc2)(c2ccccc2)N(c2ccc(Br)cc2)[PH](c2ccccc2)(c2ccccc2)c2ccccc2)c1Cl.[Tc]. The van der Waals surface area contributed by atoms with E-state index in [-0.39, 0.29) is 20.1 Å². The molecule has 50 heavy (non-hydrogen) atoms. The van der Waals surface area contributed by atoms with E-state index in [1.165, 1.54) is 15.9 Å². The molecule has 0 aliphatic carbocycles. The Hall–Kier alpha value is -2.80. The van der Waals surface area contributed by atoms with Crippen LogP contribution in [0.1, 0.15) is 0 Å². The van der Waals surface area contributed by atoms with E-state index in [9.17, 15) is 11.2 Å². The molecule has 0 amide bonds. The van der Waals surface area contributed by atoms with Crippen LogP contribution in [0.3, 0.4) is 0 Å². The summed E-state index contributed by atoms with van der Waals surface area (Å²) in [6.45, 7) is 0. The van der Waals surface area contributed by atoms with Crippen LogP contribution in [0.25, 0.3) is 0 Å². The van der Waals surface area contributed by atoms with E-state index < -0.39 is 13.5 Å². The summed E-state index contributed by atoms with van der Waals surface area (Å²) in [6, 6.07) is 67.9. The summed E-state index contributed by atoms with van der Waals surface area (Å²) in [5.41, 5.74) is 0.961. The number of hydrogen-bond acceptors (Lipinski definition) is 1. The minimum absolute atomic E-state index is 0. The van der Waals surface area contributed by atoms with Gasteiger partial charge in [0.25, 0.3) is 0 Å². The molecule has 0 saturated carbocycles. The smallest absolute Gasteiger partial charge is 0 e. The molecule has 0 aliphatic heterocycles. The Morgan fingerprint density at radius 2 is 0.840 bits per heavy atom. The van der Waals surface area contributed by atoms with E-state index in [4.69, 9.17) is 23.2 Å². The van der Waals surface area contributed by atoms with Crippen LogP contribution in [-0.2, 0) is 20.1 Å². The van der Waals surface area contributed by atoms with Crippen LogP contribution in [0.15, 0.2) is 199 Å². The van der Waals surface area contributed by atoms with Crippen molar-refractivity contribution in [2.24, 2.45) is 0 Å². The molecule has 0 spiro atoms. The molecule has 0 saturated heterocycles. The molecule has 0 bridgehead atoms. The topological polar surface area (TPSA) is 3.24 Å². The molecule has 8 heteroatoms. The first-order chi connectivity index (χ1) is 23.9. The Morgan fingerprint density at radius 3 is 1.24 bits per heavy atom. The molecular formula is C42H33BrCl3NP2Tc. The fourth-order valence-electron chi connectivity index (χ4n) is 7.15. The summed E-state index contributed by atoms with van der Waals surface area (Å²) in [6.07, 6.45) is -4.49. The number of benzene rings is 7. The first kappa shape index (κ1) is 37.0. The Kier molecular flexibility index (Phi) is 11.4. The molecule has 0 fully saturated rings. The third-order valence-corrected chi connectivity index (χ3v) is 24.4. The molecule has 0 atom stereocenters. The number of halogens is 4. The molecule has 0 heterocycles. The van der Waals surface area contributed by atoms with Gasteiger partial charge in [0.1, 0.15) is 0 Å². The largest absolute Gasteiger partial charge is 0 e. The van der Waals surface area contributed by atoms with Crippen LogP contribution in [0, 0.1) is 0 Å². The van der Waals surface area contributed by atoms with Crippen LogP contribution in [0.4, 0.5) is 5.69 Å². The number of rotatable bonds is 9. The van der Waals surface area contributed by atoms with Crippen molar-refractivity contribution in [2.75, 3.05) is 4.44 Å². The van der Waals surface area contributed by atoms with Crippen molar-refractivity contribution in [3.8, 4) is 0 Å². The van der Waals surface area contributed by atoms with Crippen molar-refractivity contribution in [1.29, 1.82) is 0 Å². The van der Waals surface area contributed by atoms with Gasteiger partial charge in [-0.15, -0.1) is 0 Å². The van der Waals surface area contributed by atoms with Gasteiger partial charge in [0.2, 0.25) is 0 Å². The Labute approximate surface area is 331 Å². The van der Waals surface area contributed by atoms with Gasteiger partial charge in [-0.2, -0.15) is 0 Å². The maximum atomic E-state index is 9.26. The van der Waals surface area contributed by atoms with Gasteiger partial charge in [-0.05, 0) is 0 Å². The van der Waals surface area contributed by atoms with Crippen LogP contribution < -0.4 is 36.3 Å². The van der Waals surface area contributed by atoms with E-state index in [0.717, 1.165) is 26.1 Å². The quantitative estimate of drug-likeness (QED) is 0.131. The molecule has 0 unspecified atom stereocenters. The number of hydrogen-bond donors (Lipinski definition) is 0. The van der Waals surface area contributed by atoms with Crippen molar-refractivity contribution in [3.63, 3.8) is 0 Å². The van der Waals surface area contributed by atoms with E-state index in [0.29, 0.717) is 10.0 Å². The molecule has 1 nitrogen and oxygen atoms in total. The summed E-state index contributed by atoms with van der Waals surface area (Å²) in [5, 5.41) is 7.09. The Balaban J connectivity index is 0.00000432. The first-order valence-corrected chi connectivity index (χ1v) is 22.5. The molecular weight excluding hydrogens is 865 g/mol.